The van der Waals surface area contributed by atoms with Gasteiger partial charge >= 0.3 is 0 Å². The molecule has 0 aliphatic heterocycles. The second kappa shape index (κ2) is 6.53. The summed E-state index contributed by atoms with van der Waals surface area (Å²) in [6.45, 7) is 0.275. The van der Waals surface area contributed by atoms with E-state index in [0.717, 1.165) is 26.4 Å². The van der Waals surface area contributed by atoms with Crippen molar-refractivity contribution in [2.24, 2.45) is 4.40 Å². The Labute approximate surface area is 146 Å². The molecule has 0 saturated heterocycles. The van der Waals surface area contributed by atoms with Crippen LogP contribution in [0.2, 0.25) is 0 Å². The standard InChI is InChI=1S/C15H12N2O2S4/c1-3-8-17-12-7-6-11(20-2)10-13(12)22-15(17)16-23(18,19)14-5-4-9-21-14/h1,4-7,9-10H,8H2,2H3. The van der Waals surface area contributed by atoms with Gasteiger partial charge in [0.1, 0.15) is 4.21 Å². The Morgan fingerprint density at radius 2 is 2.22 bits per heavy atom. The van der Waals surface area contributed by atoms with E-state index in [9.17, 15) is 8.42 Å². The molecule has 0 aliphatic rings. The number of thiophene rings is 1. The monoisotopic (exact) mass is 380 g/mol. The summed E-state index contributed by atoms with van der Waals surface area (Å²) >= 11 is 4.11. The molecule has 0 spiro atoms. The second-order valence-corrected chi connectivity index (χ2v) is 9.17. The first-order chi connectivity index (χ1) is 11.0. The van der Waals surface area contributed by atoms with Crippen molar-refractivity contribution in [3.05, 3.63) is 40.5 Å². The fourth-order valence-electron chi connectivity index (χ4n) is 2.05. The molecule has 23 heavy (non-hydrogen) atoms. The summed E-state index contributed by atoms with van der Waals surface area (Å²) in [4.78, 5) is 1.50. The minimum atomic E-state index is -3.71. The van der Waals surface area contributed by atoms with Crippen LogP contribution in [0.5, 0.6) is 0 Å². The smallest absolute Gasteiger partial charge is 0.294 e. The summed E-state index contributed by atoms with van der Waals surface area (Å²) < 4.78 is 31.8. The van der Waals surface area contributed by atoms with Crippen LogP contribution < -0.4 is 4.80 Å². The number of terminal acetylenes is 1. The van der Waals surface area contributed by atoms with Crippen LogP contribution in [0, 0.1) is 12.3 Å². The highest BCUT2D eigenvalue weighted by Gasteiger charge is 2.15. The maximum Gasteiger partial charge on any atom is 0.294 e. The number of nitrogens with zero attached hydrogens (tertiary/aromatic N) is 2. The number of thiazole rings is 1. The van der Waals surface area contributed by atoms with Crippen molar-refractivity contribution in [1.29, 1.82) is 0 Å². The number of sulfonamides is 1. The van der Waals surface area contributed by atoms with E-state index in [2.05, 4.69) is 10.3 Å². The lowest BCUT2D eigenvalue weighted by Gasteiger charge is -2.01. The topological polar surface area (TPSA) is 51.4 Å². The highest BCUT2D eigenvalue weighted by molar-refractivity contribution is 7.98. The van der Waals surface area contributed by atoms with Gasteiger partial charge in [0.2, 0.25) is 4.80 Å². The van der Waals surface area contributed by atoms with Gasteiger partial charge in [-0.3, -0.25) is 0 Å². The van der Waals surface area contributed by atoms with E-state index in [0.29, 0.717) is 4.80 Å². The van der Waals surface area contributed by atoms with Gasteiger partial charge in [-0.05, 0) is 35.9 Å². The minimum absolute atomic E-state index is 0.229. The van der Waals surface area contributed by atoms with Crippen LogP contribution in [0.4, 0.5) is 0 Å². The molecule has 0 bridgehead atoms. The Morgan fingerprint density at radius 3 is 2.87 bits per heavy atom. The molecule has 2 heterocycles. The third-order valence-corrected chi connectivity index (χ3v) is 7.61. The molecule has 2 aromatic heterocycles. The fraction of sp³-hybridized carbons (Fsp3) is 0.133. The molecule has 3 rings (SSSR count). The normalized spacial score (nSPS) is 12.6. The zero-order valence-electron chi connectivity index (χ0n) is 12.1. The summed E-state index contributed by atoms with van der Waals surface area (Å²) in [6, 6.07) is 9.21. The lowest BCUT2D eigenvalue weighted by molar-refractivity contribution is 0.598. The molecule has 0 amide bonds. The average Bonchev–Trinajstić information content (AvgIpc) is 3.16. The summed E-state index contributed by atoms with van der Waals surface area (Å²) in [5.41, 5.74) is 0.894. The van der Waals surface area contributed by atoms with Crippen LogP contribution >= 0.6 is 34.4 Å². The zero-order chi connectivity index (χ0) is 16.4. The summed E-state index contributed by atoms with van der Waals surface area (Å²) in [6.07, 6.45) is 7.43. The number of hydrogen-bond acceptors (Lipinski definition) is 5. The van der Waals surface area contributed by atoms with Crippen molar-refractivity contribution in [2.75, 3.05) is 6.26 Å². The maximum atomic E-state index is 12.4. The van der Waals surface area contributed by atoms with Gasteiger partial charge < -0.3 is 4.57 Å². The first-order valence-electron chi connectivity index (χ1n) is 6.50. The fourth-order valence-corrected chi connectivity index (χ4v) is 5.81. The molecule has 0 atom stereocenters. The minimum Gasteiger partial charge on any atom is -0.304 e. The van der Waals surface area contributed by atoms with Gasteiger partial charge in [0.05, 0.1) is 16.8 Å². The Bertz CT molecular complexity index is 1050. The van der Waals surface area contributed by atoms with Gasteiger partial charge in [-0.15, -0.1) is 33.9 Å². The van der Waals surface area contributed by atoms with E-state index in [4.69, 9.17) is 6.42 Å². The van der Waals surface area contributed by atoms with Crippen molar-refractivity contribution in [3.63, 3.8) is 0 Å². The van der Waals surface area contributed by atoms with E-state index in [1.165, 1.54) is 11.3 Å². The first kappa shape index (κ1) is 16.3. The Kier molecular flexibility index (Phi) is 4.64. The van der Waals surface area contributed by atoms with Crippen LogP contribution in [0.25, 0.3) is 10.2 Å². The number of fused-ring (bicyclic) bond motifs is 1. The van der Waals surface area contributed by atoms with E-state index in [-0.39, 0.29) is 10.8 Å². The summed E-state index contributed by atoms with van der Waals surface area (Å²) in [7, 11) is -3.71. The van der Waals surface area contributed by atoms with Crippen LogP contribution in [0.1, 0.15) is 0 Å². The molecule has 0 unspecified atom stereocenters. The Balaban J connectivity index is 2.26. The first-order valence-corrected chi connectivity index (χ1v) is 10.9. The van der Waals surface area contributed by atoms with Gasteiger partial charge in [0.15, 0.2) is 0 Å². The largest absolute Gasteiger partial charge is 0.304 e. The highest BCUT2D eigenvalue weighted by Crippen LogP contribution is 2.25. The predicted octanol–water partition coefficient (Wildman–Crippen LogP) is 3.41. The summed E-state index contributed by atoms with van der Waals surface area (Å²) in [5.74, 6) is 2.56. The van der Waals surface area contributed by atoms with Gasteiger partial charge in [-0.1, -0.05) is 23.3 Å². The van der Waals surface area contributed by atoms with Gasteiger partial charge in [0.25, 0.3) is 10.0 Å². The Hall–Kier alpha value is -1.53. The van der Waals surface area contributed by atoms with E-state index < -0.39 is 10.0 Å². The molecule has 0 N–H and O–H groups in total. The molecular formula is C15H12N2O2S4. The molecule has 3 aromatic rings. The molecule has 118 valence electrons. The van der Waals surface area contributed by atoms with E-state index >= 15 is 0 Å². The van der Waals surface area contributed by atoms with Crippen molar-refractivity contribution in [3.8, 4) is 12.3 Å². The van der Waals surface area contributed by atoms with Crippen LogP contribution in [-0.4, -0.2) is 19.2 Å². The zero-order valence-corrected chi connectivity index (χ0v) is 15.4. The average molecular weight is 381 g/mol. The second-order valence-electron chi connectivity index (χ2n) is 4.51. The highest BCUT2D eigenvalue weighted by atomic mass is 32.2. The quantitative estimate of drug-likeness (QED) is 0.515. The van der Waals surface area contributed by atoms with Gasteiger partial charge in [0, 0.05) is 4.90 Å². The van der Waals surface area contributed by atoms with Gasteiger partial charge in [-0.25, -0.2) is 0 Å². The molecule has 0 radical (unpaired) electrons. The Morgan fingerprint density at radius 1 is 1.39 bits per heavy atom. The van der Waals surface area contributed by atoms with Crippen molar-refractivity contribution < 1.29 is 8.42 Å². The molecular weight excluding hydrogens is 368 g/mol. The van der Waals surface area contributed by atoms with Gasteiger partial charge in [-0.2, -0.15) is 8.42 Å². The maximum absolute atomic E-state index is 12.4. The molecule has 8 heteroatoms. The number of aromatic nitrogens is 1. The SMILES string of the molecule is C#CCn1c(=NS(=O)(=O)c2cccs2)sc2cc(SC)ccc21. The van der Waals surface area contributed by atoms with Crippen LogP contribution in [0.15, 0.2) is 49.2 Å². The molecule has 4 nitrogen and oxygen atoms in total. The molecule has 0 aliphatic carbocycles. The third-order valence-electron chi connectivity index (χ3n) is 3.09. The predicted molar refractivity (Wildman–Crippen MR) is 97.5 cm³/mol. The molecule has 1 aromatic carbocycles. The van der Waals surface area contributed by atoms with Crippen LogP contribution in [0.3, 0.4) is 0 Å². The van der Waals surface area contributed by atoms with Crippen LogP contribution in [-0.2, 0) is 16.6 Å². The van der Waals surface area contributed by atoms with Crippen molar-refractivity contribution in [2.45, 2.75) is 15.6 Å². The lowest BCUT2D eigenvalue weighted by Crippen LogP contribution is -2.16. The molecule has 0 saturated carbocycles. The number of benzene rings is 1. The van der Waals surface area contributed by atoms with Crippen molar-refractivity contribution >= 4 is 54.7 Å². The number of rotatable bonds is 4. The molecule has 0 fully saturated rings. The lowest BCUT2D eigenvalue weighted by atomic mass is 10.3. The number of hydrogen-bond donors (Lipinski definition) is 0. The number of thioether (sulfide) groups is 1. The third kappa shape index (κ3) is 3.23. The van der Waals surface area contributed by atoms with E-state index in [1.54, 1.807) is 33.8 Å². The van der Waals surface area contributed by atoms with E-state index in [1.807, 2.05) is 24.5 Å². The van der Waals surface area contributed by atoms with Crippen molar-refractivity contribution in [1.82, 2.24) is 4.57 Å². The summed E-state index contributed by atoms with van der Waals surface area (Å²) in [5, 5.41) is 1.72.